The van der Waals surface area contributed by atoms with E-state index in [1.54, 1.807) is 18.2 Å². The lowest BCUT2D eigenvalue weighted by Gasteiger charge is -2.10. The van der Waals surface area contributed by atoms with Crippen molar-refractivity contribution in [2.45, 2.75) is 6.42 Å². The van der Waals surface area contributed by atoms with Crippen LogP contribution in [0.4, 0.5) is 0 Å². The molecule has 0 atom stereocenters. The number of nitrogens with one attached hydrogen (secondary N) is 2. The highest BCUT2D eigenvalue weighted by atomic mass is 16.5. The zero-order chi connectivity index (χ0) is 19.4. The van der Waals surface area contributed by atoms with Gasteiger partial charge in [-0.15, -0.1) is 0 Å². The van der Waals surface area contributed by atoms with E-state index in [-0.39, 0.29) is 12.3 Å². The number of carbonyl (C=O) groups is 2. The minimum absolute atomic E-state index is 0.0346. The van der Waals surface area contributed by atoms with Crippen molar-refractivity contribution in [2.75, 3.05) is 14.2 Å². The maximum absolute atomic E-state index is 12.3. The molecule has 0 saturated carbocycles. The van der Waals surface area contributed by atoms with Crippen LogP contribution < -0.4 is 20.3 Å². The van der Waals surface area contributed by atoms with E-state index in [0.717, 1.165) is 11.0 Å². The summed E-state index contributed by atoms with van der Waals surface area (Å²) in [5, 5.41) is 0. The molecule has 27 heavy (non-hydrogen) atoms. The second-order valence-electron chi connectivity index (χ2n) is 5.86. The van der Waals surface area contributed by atoms with E-state index in [9.17, 15) is 9.59 Å². The summed E-state index contributed by atoms with van der Waals surface area (Å²) in [5.41, 5.74) is 6.84. The van der Waals surface area contributed by atoms with Crippen molar-refractivity contribution in [2.24, 2.45) is 7.05 Å². The van der Waals surface area contributed by atoms with Gasteiger partial charge in [0.05, 0.1) is 31.7 Å². The minimum atomic E-state index is -0.481. The number of methoxy groups -OCH3 is 2. The number of benzene rings is 2. The number of aryl methyl sites for hydroxylation is 1. The lowest BCUT2D eigenvalue weighted by molar-refractivity contribution is -0.121. The van der Waals surface area contributed by atoms with Gasteiger partial charge in [-0.3, -0.25) is 20.4 Å². The zero-order valence-corrected chi connectivity index (χ0v) is 15.3. The third-order valence-corrected chi connectivity index (χ3v) is 4.13. The molecule has 0 radical (unpaired) electrons. The Bertz CT molecular complexity index is 974. The number of carbonyl (C=O) groups excluding carboxylic acids is 2. The maximum Gasteiger partial charge on any atom is 0.269 e. The van der Waals surface area contributed by atoms with Crippen LogP contribution in [0, 0.1) is 0 Å². The van der Waals surface area contributed by atoms with E-state index in [2.05, 4.69) is 15.8 Å². The number of amides is 2. The summed E-state index contributed by atoms with van der Waals surface area (Å²) in [6.45, 7) is 0. The van der Waals surface area contributed by atoms with Gasteiger partial charge in [0, 0.05) is 18.7 Å². The number of hydrogen-bond acceptors (Lipinski definition) is 5. The predicted octanol–water partition coefficient (Wildman–Crippen LogP) is 1.59. The van der Waals surface area contributed by atoms with Crippen molar-refractivity contribution in [3.05, 3.63) is 53.9 Å². The van der Waals surface area contributed by atoms with Crippen LogP contribution in [0.15, 0.2) is 42.5 Å². The lowest BCUT2D eigenvalue weighted by Crippen LogP contribution is -2.42. The average Bonchev–Trinajstić information content (AvgIpc) is 3.01. The minimum Gasteiger partial charge on any atom is -0.497 e. The predicted molar refractivity (Wildman–Crippen MR) is 99.6 cm³/mol. The van der Waals surface area contributed by atoms with Crippen molar-refractivity contribution in [3.63, 3.8) is 0 Å². The second kappa shape index (κ2) is 7.77. The topological polar surface area (TPSA) is 94.5 Å². The van der Waals surface area contributed by atoms with Crippen LogP contribution in [0.2, 0.25) is 0 Å². The summed E-state index contributed by atoms with van der Waals surface area (Å²) in [6.07, 6.45) is 0.0346. The summed E-state index contributed by atoms with van der Waals surface area (Å²) in [6, 6.07) is 12.4. The number of rotatable bonds is 5. The highest BCUT2D eigenvalue weighted by Crippen LogP contribution is 2.22. The third kappa shape index (κ3) is 4.00. The van der Waals surface area contributed by atoms with Crippen LogP contribution in [0.3, 0.4) is 0 Å². The number of hydrazine groups is 1. The Balaban J connectivity index is 1.65. The Kier molecular flexibility index (Phi) is 5.25. The van der Waals surface area contributed by atoms with Crippen molar-refractivity contribution in [1.29, 1.82) is 0 Å². The van der Waals surface area contributed by atoms with E-state index in [1.807, 2.05) is 35.9 Å². The van der Waals surface area contributed by atoms with Crippen molar-refractivity contribution in [1.82, 2.24) is 20.4 Å². The molecule has 0 bridgehead atoms. The van der Waals surface area contributed by atoms with Gasteiger partial charge in [0.25, 0.3) is 5.91 Å². The van der Waals surface area contributed by atoms with Gasteiger partial charge in [-0.2, -0.15) is 0 Å². The summed E-state index contributed by atoms with van der Waals surface area (Å²) >= 11 is 0. The summed E-state index contributed by atoms with van der Waals surface area (Å²) in [5.74, 6) is 0.698. The summed E-state index contributed by atoms with van der Waals surface area (Å²) in [4.78, 5) is 28.9. The average molecular weight is 368 g/mol. The third-order valence-electron chi connectivity index (χ3n) is 4.13. The molecule has 0 unspecified atom stereocenters. The number of para-hydroxylation sites is 2. The molecule has 140 valence electrons. The number of imidazole rings is 1. The fourth-order valence-corrected chi connectivity index (χ4v) is 2.68. The molecule has 1 heterocycles. The van der Waals surface area contributed by atoms with Crippen LogP contribution in [-0.2, 0) is 18.3 Å². The standard InChI is InChI=1S/C19H20N4O4/c1-23-16-7-5-4-6-15(16)20-17(23)11-18(24)21-22-19(25)12-8-13(26-2)10-14(9-12)27-3/h4-10H,11H2,1-3H3,(H,21,24)(H,22,25). The fraction of sp³-hybridized carbons (Fsp3) is 0.211. The molecule has 2 amide bonds. The molecule has 2 aromatic carbocycles. The van der Waals surface area contributed by atoms with Crippen LogP contribution in [0.25, 0.3) is 11.0 Å². The molecule has 0 spiro atoms. The highest BCUT2D eigenvalue weighted by Gasteiger charge is 2.14. The van der Waals surface area contributed by atoms with Crippen LogP contribution in [0.5, 0.6) is 11.5 Å². The Hall–Kier alpha value is -3.55. The molecule has 0 saturated heterocycles. The van der Waals surface area contributed by atoms with Crippen molar-refractivity contribution in [3.8, 4) is 11.5 Å². The van der Waals surface area contributed by atoms with Crippen LogP contribution in [-0.4, -0.2) is 35.6 Å². The number of ether oxygens (including phenoxy) is 2. The first-order valence-electron chi connectivity index (χ1n) is 8.24. The first-order valence-corrected chi connectivity index (χ1v) is 8.24. The quantitative estimate of drug-likeness (QED) is 0.667. The maximum atomic E-state index is 12.3. The monoisotopic (exact) mass is 368 g/mol. The van der Waals surface area contributed by atoms with Crippen molar-refractivity contribution >= 4 is 22.8 Å². The van der Waals surface area contributed by atoms with Gasteiger partial charge in [0.2, 0.25) is 5.91 Å². The number of hydrogen-bond donors (Lipinski definition) is 2. The normalized spacial score (nSPS) is 10.5. The first kappa shape index (κ1) is 18.2. The SMILES string of the molecule is COc1cc(OC)cc(C(=O)NNC(=O)Cc2nc3ccccc3n2C)c1. The number of aromatic nitrogens is 2. The molecule has 0 fully saturated rings. The van der Waals surface area contributed by atoms with E-state index in [0.29, 0.717) is 22.9 Å². The van der Waals surface area contributed by atoms with E-state index >= 15 is 0 Å². The van der Waals surface area contributed by atoms with E-state index in [4.69, 9.17) is 9.47 Å². The van der Waals surface area contributed by atoms with Gasteiger partial charge >= 0.3 is 0 Å². The Morgan fingerprint density at radius 2 is 1.70 bits per heavy atom. The number of fused-ring (bicyclic) bond motifs is 1. The molecule has 0 aliphatic heterocycles. The van der Waals surface area contributed by atoms with E-state index in [1.165, 1.54) is 14.2 Å². The summed E-state index contributed by atoms with van der Waals surface area (Å²) in [7, 11) is 4.84. The Morgan fingerprint density at radius 1 is 1.04 bits per heavy atom. The van der Waals surface area contributed by atoms with Crippen LogP contribution in [0.1, 0.15) is 16.2 Å². The van der Waals surface area contributed by atoms with Gasteiger partial charge in [0.1, 0.15) is 17.3 Å². The fourth-order valence-electron chi connectivity index (χ4n) is 2.68. The second-order valence-corrected chi connectivity index (χ2v) is 5.86. The van der Waals surface area contributed by atoms with E-state index < -0.39 is 5.91 Å². The molecule has 0 aliphatic carbocycles. The van der Waals surface area contributed by atoms with Crippen molar-refractivity contribution < 1.29 is 19.1 Å². The molecular weight excluding hydrogens is 348 g/mol. The van der Waals surface area contributed by atoms with Gasteiger partial charge in [-0.1, -0.05) is 12.1 Å². The summed E-state index contributed by atoms with van der Waals surface area (Å²) < 4.78 is 12.1. The molecule has 8 heteroatoms. The van der Waals surface area contributed by atoms with Gasteiger partial charge in [-0.05, 0) is 24.3 Å². The van der Waals surface area contributed by atoms with Gasteiger partial charge < -0.3 is 14.0 Å². The molecule has 8 nitrogen and oxygen atoms in total. The lowest BCUT2D eigenvalue weighted by atomic mass is 10.2. The smallest absolute Gasteiger partial charge is 0.269 e. The van der Waals surface area contributed by atoms with Crippen LogP contribution >= 0.6 is 0 Å². The molecule has 3 rings (SSSR count). The molecule has 3 aromatic rings. The highest BCUT2D eigenvalue weighted by molar-refractivity contribution is 5.96. The van der Waals surface area contributed by atoms with Gasteiger partial charge in [-0.25, -0.2) is 4.98 Å². The number of nitrogens with zero attached hydrogens (tertiary/aromatic N) is 2. The van der Waals surface area contributed by atoms with Gasteiger partial charge in [0.15, 0.2) is 0 Å². The molecule has 2 N–H and O–H groups in total. The zero-order valence-electron chi connectivity index (χ0n) is 15.3. The molecule has 0 aliphatic rings. The Labute approximate surface area is 156 Å². The molecular formula is C19H20N4O4. The largest absolute Gasteiger partial charge is 0.497 e. The Morgan fingerprint density at radius 3 is 2.33 bits per heavy atom. The molecule has 1 aromatic heterocycles. The first-order chi connectivity index (χ1) is 13.0.